The molecule has 2 N–H and O–H groups in total. The van der Waals surface area contributed by atoms with E-state index in [-0.39, 0.29) is 24.0 Å². The van der Waals surface area contributed by atoms with E-state index in [4.69, 9.17) is 14.6 Å². The van der Waals surface area contributed by atoms with Crippen molar-refractivity contribution in [2.45, 2.75) is 19.9 Å². The molecule has 23 heavy (non-hydrogen) atoms. The molecule has 0 radical (unpaired) electrons. The second kappa shape index (κ2) is 7.18. The van der Waals surface area contributed by atoms with Gasteiger partial charge in [0.05, 0.1) is 19.5 Å². The maximum Gasteiger partial charge on any atom is 0.223 e. The highest BCUT2D eigenvalue weighted by atomic mass is 32.2. The third-order valence-corrected chi connectivity index (χ3v) is 4.60. The Kier molecular flexibility index (Phi) is 5.48. The normalized spacial score (nSPS) is 18.3. The molecule has 0 aliphatic carbocycles. The zero-order valence-corrected chi connectivity index (χ0v) is 14.1. The highest BCUT2D eigenvalue weighted by Crippen LogP contribution is 2.29. The van der Waals surface area contributed by atoms with Crippen molar-refractivity contribution >= 4 is 15.9 Å². The summed E-state index contributed by atoms with van der Waals surface area (Å²) in [6.45, 7) is 3.20. The molecule has 1 aliphatic rings. The highest BCUT2D eigenvalue weighted by Gasteiger charge is 2.31. The third kappa shape index (κ3) is 4.84. The maximum atomic E-state index is 12.0. The van der Waals surface area contributed by atoms with Gasteiger partial charge >= 0.3 is 0 Å². The molecular formula is C15H22N2O5S. The molecule has 2 rings (SSSR count). The van der Waals surface area contributed by atoms with Crippen LogP contribution in [0.4, 0.5) is 0 Å². The average molecular weight is 342 g/mol. The van der Waals surface area contributed by atoms with Gasteiger partial charge in [-0.15, -0.1) is 0 Å². The monoisotopic (exact) mass is 342 g/mol. The van der Waals surface area contributed by atoms with E-state index in [1.165, 1.54) is 0 Å². The second-order valence-electron chi connectivity index (χ2n) is 5.59. The van der Waals surface area contributed by atoms with Crippen molar-refractivity contribution in [1.82, 2.24) is 4.90 Å². The summed E-state index contributed by atoms with van der Waals surface area (Å²) < 4.78 is 33.1. The van der Waals surface area contributed by atoms with Crippen molar-refractivity contribution in [3.63, 3.8) is 0 Å². The molecule has 1 aromatic carbocycles. The third-order valence-electron chi connectivity index (χ3n) is 3.66. The number of benzene rings is 1. The van der Waals surface area contributed by atoms with Gasteiger partial charge in [0.15, 0.2) is 11.5 Å². The summed E-state index contributed by atoms with van der Waals surface area (Å²) in [5.41, 5.74) is 0.902. The largest absolute Gasteiger partial charge is 0.493 e. The number of likely N-dealkylation sites (tertiary alicyclic amines) is 1. The first-order valence-corrected chi connectivity index (χ1v) is 9.12. The van der Waals surface area contributed by atoms with E-state index in [9.17, 15) is 13.2 Å². The number of hydrogen-bond acceptors (Lipinski definition) is 5. The summed E-state index contributed by atoms with van der Waals surface area (Å²) in [5.74, 6) is 0.785. The van der Waals surface area contributed by atoms with Gasteiger partial charge in [-0.1, -0.05) is 6.07 Å². The van der Waals surface area contributed by atoms with Gasteiger partial charge in [0.1, 0.15) is 0 Å². The van der Waals surface area contributed by atoms with Crippen molar-refractivity contribution in [2.75, 3.05) is 26.0 Å². The fraction of sp³-hybridized carbons (Fsp3) is 0.533. The molecule has 1 heterocycles. The minimum Gasteiger partial charge on any atom is -0.493 e. The number of primary sulfonamides is 1. The summed E-state index contributed by atoms with van der Waals surface area (Å²) in [5, 5.41) is 5.06. The summed E-state index contributed by atoms with van der Waals surface area (Å²) in [6, 6.07) is 5.49. The lowest BCUT2D eigenvalue weighted by atomic mass is 10.1. The van der Waals surface area contributed by atoms with Crippen LogP contribution in [0.3, 0.4) is 0 Å². The lowest BCUT2D eigenvalue weighted by molar-refractivity contribution is -0.128. The Bertz CT molecular complexity index is 674. The number of carbonyl (C=O) groups is 1. The fourth-order valence-corrected chi connectivity index (χ4v) is 3.64. The molecule has 1 unspecified atom stereocenters. The Hall–Kier alpha value is -1.80. The van der Waals surface area contributed by atoms with Crippen LogP contribution in [-0.2, 0) is 21.4 Å². The smallest absolute Gasteiger partial charge is 0.223 e. The number of nitrogens with two attached hydrogens (primary N) is 1. The van der Waals surface area contributed by atoms with Crippen LogP contribution in [0.15, 0.2) is 18.2 Å². The van der Waals surface area contributed by atoms with E-state index in [1.54, 1.807) is 18.1 Å². The van der Waals surface area contributed by atoms with E-state index < -0.39 is 10.0 Å². The van der Waals surface area contributed by atoms with Gasteiger partial charge in [-0.25, -0.2) is 13.6 Å². The Morgan fingerprint density at radius 2 is 2.09 bits per heavy atom. The van der Waals surface area contributed by atoms with Crippen molar-refractivity contribution in [1.29, 1.82) is 0 Å². The number of methoxy groups -OCH3 is 1. The van der Waals surface area contributed by atoms with E-state index in [0.29, 0.717) is 31.2 Å². The molecule has 1 fully saturated rings. The van der Waals surface area contributed by atoms with Crippen LogP contribution in [0.5, 0.6) is 11.5 Å². The Balaban J connectivity index is 2.07. The predicted octanol–water partition coefficient (Wildman–Crippen LogP) is 0.731. The zero-order chi connectivity index (χ0) is 17.0. The van der Waals surface area contributed by atoms with Gasteiger partial charge in [-0.3, -0.25) is 4.79 Å². The van der Waals surface area contributed by atoms with E-state index in [1.807, 2.05) is 19.1 Å². The van der Waals surface area contributed by atoms with Crippen molar-refractivity contribution in [3.8, 4) is 11.5 Å². The number of ether oxygens (including phenoxy) is 2. The number of carbonyl (C=O) groups excluding carboxylic acids is 1. The molecule has 128 valence electrons. The lowest BCUT2D eigenvalue weighted by Gasteiger charge is -2.18. The SMILES string of the molecule is CCOc1cc(CN2CC(CS(N)(=O)=O)CC2=O)ccc1OC. The Morgan fingerprint density at radius 3 is 2.70 bits per heavy atom. The molecule has 1 saturated heterocycles. The Morgan fingerprint density at radius 1 is 1.35 bits per heavy atom. The van der Waals surface area contributed by atoms with Gasteiger partial charge in [0.25, 0.3) is 0 Å². The molecule has 1 atom stereocenters. The number of rotatable bonds is 7. The van der Waals surface area contributed by atoms with E-state index in [0.717, 1.165) is 5.56 Å². The molecule has 0 bridgehead atoms. The molecule has 0 saturated carbocycles. The molecule has 1 aliphatic heterocycles. The molecule has 8 heteroatoms. The second-order valence-corrected chi connectivity index (χ2v) is 7.25. The van der Waals surface area contributed by atoms with Crippen molar-refractivity contribution in [2.24, 2.45) is 11.1 Å². The molecular weight excluding hydrogens is 320 g/mol. The summed E-state index contributed by atoms with van der Waals surface area (Å²) in [4.78, 5) is 13.7. The standard InChI is InChI=1S/C15H22N2O5S/c1-3-22-14-6-11(4-5-13(14)21-2)8-17-9-12(7-15(17)18)10-23(16,19)20/h4-6,12H,3,7-10H2,1-2H3,(H2,16,19,20). The number of nitrogens with zero attached hydrogens (tertiary/aromatic N) is 1. The molecule has 1 amide bonds. The topological polar surface area (TPSA) is 98.9 Å². The maximum absolute atomic E-state index is 12.0. The van der Waals surface area contributed by atoms with Gasteiger partial charge in [-0.2, -0.15) is 0 Å². The van der Waals surface area contributed by atoms with Crippen LogP contribution in [0.1, 0.15) is 18.9 Å². The summed E-state index contributed by atoms with van der Waals surface area (Å²) >= 11 is 0. The number of sulfonamides is 1. The lowest BCUT2D eigenvalue weighted by Crippen LogP contribution is -2.27. The first-order chi connectivity index (χ1) is 10.8. The minimum absolute atomic E-state index is 0.0626. The van der Waals surface area contributed by atoms with E-state index in [2.05, 4.69) is 0 Å². The average Bonchev–Trinajstić information content (AvgIpc) is 2.77. The van der Waals surface area contributed by atoms with Crippen LogP contribution < -0.4 is 14.6 Å². The first-order valence-electron chi connectivity index (χ1n) is 7.40. The van der Waals surface area contributed by atoms with Crippen molar-refractivity contribution < 1.29 is 22.7 Å². The summed E-state index contributed by atoms with van der Waals surface area (Å²) in [7, 11) is -2.00. The van der Waals surface area contributed by atoms with Gasteiger partial charge < -0.3 is 14.4 Å². The van der Waals surface area contributed by atoms with E-state index >= 15 is 0 Å². The molecule has 7 nitrogen and oxygen atoms in total. The van der Waals surface area contributed by atoms with Crippen LogP contribution in [-0.4, -0.2) is 45.2 Å². The number of amides is 1. The highest BCUT2D eigenvalue weighted by molar-refractivity contribution is 7.89. The molecule has 0 aromatic heterocycles. The van der Waals surface area contributed by atoms with Crippen molar-refractivity contribution in [3.05, 3.63) is 23.8 Å². The van der Waals surface area contributed by atoms with Crippen LogP contribution >= 0.6 is 0 Å². The minimum atomic E-state index is -3.57. The van der Waals surface area contributed by atoms with Gasteiger partial charge in [-0.05, 0) is 24.6 Å². The summed E-state index contributed by atoms with van der Waals surface area (Å²) in [6.07, 6.45) is 0.213. The van der Waals surface area contributed by atoms with Gasteiger partial charge in [0, 0.05) is 25.4 Å². The van der Waals surface area contributed by atoms with Gasteiger partial charge in [0.2, 0.25) is 15.9 Å². The zero-order valence-electron chi connectivity index (χ0n) is 13.3. The molecule has 0 spiro atoms. The fourth-order valence-electron chi connectivity index (χ4n) is 2.76. The number of hydrogen-bond donors (Lipinski definition) is 1. The quantitative estimate of drug-likeness (QED) is 0.787. The van der Waals surface area contributed by atoms with Crippen LogP contribution in [0.2, 0.25) is 0 Å². The first kappa shape index (κ1) is 17.6. The van der Waals surface area contributed by atoms with Crippen LogP contribution in [0, 0.1) is 5.92 Å². The molecule has 1 aromatic rings. The Labute approximate surface area is 136 Å². The van der Waals surface area contributed by atoms with Crippen LogP contribution in [0.25, 0.3) is 0 Å². The predicted molar refractivity (Wildman–Crippen MR) is 85.7 cm³/mol.